The summed E-state index contributed by atoms with van der Waals surface area (Å²) in [6, 6.07) is 8.98. The Kier molecular flexibility index (Phi) is 5.02. The fraction of sp³-hybridized carbons (Fsp3) is 0.263. The van der Waals surface area contributed by atoms with Crippen LogP contribution >= 0.6 is 11.6 Å². The Labute approximate surface area is 161 Å². The molecule has 0 saturated carbocycles. The molecule has 7 nitrogen and oxygen atoms in total. The van der Waals surface area contributed by atoms with Crippen LogP contribution in [0.2, 0.25) is 5.02 Å². The summed E-state index contributed by atoms with van der Waals surface area (Å²) in [7, 11) is 0. The number of hydrogen-bond acceptors (Lipinski definition) is 6. The van der Waals surface area contributed by atoms with Crippen LogP contribution in [0.3, 0.4) is 0 Å². The number of halogens is 1. The molecule has 0 N–H and O–H groups in total. The van der Waals surface area contributed by atoms with Gasteiger partial charge >= 0.3 is 0 Å². The molecule has 1 aromatic carbocycles. The normalized spacial score (nSPS) is 14.4. The van der Waals surface area contributed by atoms with E-state index >= 15 is 0 Å². The van der Waals surface area contributed by atoms with Gasteiger partial charge in [-0.2, -0.15) is 0 Å². The van der Waals surface area contributed by atoms with Crippen molar-refractivity contribution in [2.24, 2.45) is 0 Å². The van der Waals surface area contributed by atoms with Crippen LogP contribution in [-0.2, 0) is 4.79 Å². The summed E-state index contributed by atoms with van der Waals surface area (Å²) >= 11 is 6.19. The first-order chi connectivity index (χ1) is 13.2. The lowest BCUT2D eigenvalue weighted by atomic mass is 10.2. The zero-order valence-corrected chi connectivity index (χ0v) is 15.3. The van der Waals surface area contributed by atoms with Gasteiger partial charge in [0.25, 0.3) is 5.91 Å². The number of anilines is 1. The fourth-order valence-corrected chi connectivity index (χ4v) is 3.29. The van der Waals surface area contributed by atoms with E-state index in [2.05, 4.69) is 19.9 Å². The minimum Gasteiger partial charge on any atom is -0.481 e. The Hall–Kier alpha value is -2.93. The number of fused-ring (bicyclic) bond motifs is 1. The van der Waals surface area contributed by atoms with Gasteiger partial charge in [0, 0.05) is 50.2 Å². The molecule has 1 aliphatic rings. The minimum atomic E-state index is -0.0531. The molecular formula is C19H18ClN5O2. The molecule has 1 fully saturated rings. The lowest BCUT2D eigenvalue weighted by Gasteiger charge is -2.34. The van der Waals surface area contributed by atoms with Crippen molar-refractivity contribution in [2.45, 2.75) is 0 Å². The third-order valence-electron chi connectivity index (χ3n) is 4.50. The third kappa shape index (κ3) is 3.78. The van der Waals surface area contributed by atoms with E-state index in [-0.39, 0.29) is 12.5 Å². The zero-order valence-electron chi connectivity index (χ0n) is 14.6. The summed E-state index contributed by atoms with van der Waals surface area (Å²) in [4.78, 5) is 29.2. The van der Waals surface area contributed by atoms with Crippen LogP contribution in [0.1, 0.15) is 0 Å². The van der Waals surface area contributed by atoms with Gasteiger partial charge in [0.05, 0.1) is 5.02 Å². The number of ether oxygens (including phenoxy) is 1. The first-order valence-corrected chi connectivity index (χ1v) is 9.06. The number of aromatic nitrogens is 3. The highest BCUT2D eigenvalue weighted by Gasteiger charge is 2.23. The molecule has 0 spiro atoms. The third-order valence-corrected chi connectivity index (χ3v) is 4.83. The molecule has 1 amide bonds. The maximum atomic E-state index is 12.5. The van der Waals surface area contributed by atoms with Gasteiger partial charge in [0.2, 0.25) is 5.95 Å². The monoisotopic (exact) mass is 383 g/mol. The molecule has 0 bridgehead atoms. The van der Waals surface area contributed by atoms with E-state index in [1.165, 1.54) is 0 Å². The number of pyridine rings is 1. The van der Waals surface area contributed by atoms with Gasteiger partial charge in [0.1, 0.15) is 11.3 Å². The Morgan fingerprint density at radius 1 is 1.00 bits per heavy atom. The standard InChI is InChI=1S/C19H18ClN5O2/c20-15-4-5-16(18-14(15)3-1-6-21-18)27-13-17(26)24-9-11-25(12-10-24)19-22-7-2-8-23-19/h1-8H,9-13H2. The van der Waals surface area contributed by atoms with Crippen molar-refractivity contribution in [1.29, 1.82) is 0 Å². The van der Waals surface area contributed by atoms with E-state index in [4.69, 9.17) is 16.3 Å². The first-order valence-electron chi connectivity index (χ1n) is 8.68. The van der Waals surface area contributed by atoms with E-state index in [0.717, 1.165) is 5.39 Å². The average Bonchev–Trinajstić information content (AvgIpc) is 2.74. The smallest absolute Gasteiger partial charge is 0.260 e. The van der Waals surface area contributed by atoms with Gasteiger partial charge < -0.3 is 14.5 Å². The van der Waals surface area contributed by atoms with Crippen LogP contribution in [0.4, 0.5) is 5.95 Å². The second-order valence-corrected chi connectivity index (χ2v) is 6.56. The molecule has 0 aliphatic carbocycles. The van der Waals surface area contributed by atoms with Crippen molar-refractivity contribution < 1.29 is 9.53 Å². The molecule has 3 aromatic rings. The summed E-state index contributed by atoms with van der Waals surface area (Å²) in [5.74, 6) is 1.20. The molecule has 0 unspecified atom stereocenters. The van der Waals surface area contributed by atoms with E-state index in [1.54, 1.807) is 41.7 Å². The Bertz CT molecular complexity index is 945. The molecule has 1 saturated heterocycles. The number of carbonyl (C=O) groups excluding carboxylic acids is 1. The van der Waals surface area contributed by atoms with Gasteiger partial charge in [-0.3, -0.25) is 9.78 Å². The molecule has 2 aromatic heterocycles. The lowest BCUT2D eigenvalue weighted by molar-refractivity contribution is -0.133. The average molecular weight is 384 g/mol. The predicted molar refractivity (Wildman–Crippen MR) is 103 cm³/mol. The van der Waals surface area contributed by atoms with E-state index in [9.17, 15) is 4.79 Å². The van der Waals surface area contributed by atoms with Crippen molar-refractivity contribution in [2.75, 3.05) is 37.7 Å². The number of rotatable bonds is 4. The summed E-state index contributed by atoms with van der Waals surface area (Å²) in [6.45, 7) is 2.58. The topological polar surface area (TPSA) is 71.5 Å². The number of hydrogen-bond donors (Lipinski definition) is 0. The van der Waals surface area contributed by atoms with Crippen LogP contribution < -0.4 is 9.64 Å². The SMILES string of the molecule is O=C(COc1ccc(Cl)c2cccnc12)N1CCN(c2ncccn2)CC1. The number of carbonyl (C=O) groups is 1. The van der Waals surface area contributed by atoms with E-state index in [1.807, 2.05) is 12.1 Å². The van der Waals surface area contributed by atoms with Crippen molar-refractivity contribution in [3.8, 4) is 5.75 Å². The van der Waals surface area contributed by atoms with Gasteiger partial charge in [-0.15, -0.1) is 0 Å². The maximum absolute atomic E-state index is 12.5. The molecule has 4 rings (SSSR count). The molecule has 8 heteroatoms. The van der Waals surface area contributed by atoms with Crippen LogP contribution in [0.5, 0.6) is 5.75 Å². The summed E-state index contributed by atoms with van der Waals surface area (Å²) in [5.41, 5.74) is 0.656. The van der Waals surface area contributed by atoms with Crippen molar-refractivity contribution in [3.63, 3.8) is 0 Å². The molecule has 0 radical (unpaired) electrons. The Morgan fingerprint density at radius 3 is 2.52 bits per heavy atom. The largest absolute Gasteiger partial charge is 0.481 e. The van der Waals surface area contributed by atoms with Crippen LogP contribution in [0.25, 0.3) is 10.9 Å². The number of benzene rings is 1. The van der Waals surface area contributed by atoms with Crippen molar-refractivity contribution in [1.82, 2.24) is 19.9 Å². The summed E-state index contributed by atoms with van der Waals surface area (Å²) in [5, 5.41) is 1.41. The highest BCUT2D eigenvalue weighted by Crippen LogP contribution is 2.29. The Balaban J connectivity index is 1.36. The molecular weight excluding hydrogens is 366 g/mol. The van der Waals surface area contributed by atoms with Crippen molar-refractivity contribution in [3.05, 3.63) is 53.9 Å². The van der Waals surface area contributed by atoms with Crippen LogP contribution in [-0.4, -0.2) is 58.5 Å². The van der Waals surface area contributed by atoms with Gasteiger partial charge in [-0.1, -0.05) is 11.6 Å². The number of amides is 1. The molecule has 3 heterocycles. The molecule has 1 aliphatic heterocycles. The molecule has 138 valence electrons. The van der Waals surface area contributed by atoms with Crippen molar-refractivity contribution >= 4 is 34.4 Å². The summed E-state index contributed by atoms with van der Waals surface area (Å²) in [6.07, 6.45) is 5.12. The fourth-order valence-electron chi connectivity index (χ4n) is 3.07. The van der Waals surface area contributed by atoms with E-state index < -0.39 is 0 Å². The highest BCUT2D eigenvalue weighted by molar-refractivity contribution is 6.35. The lowest BCUT2D eigenvalue weighted by Crippen LogP contribution is -2.50. The zero-order chi connectivity index (χ0) is 18.6. The van der Waals surface area contributed by atoms with Gasteiger partial charge in [0.15, 0.2) is 6.61 Å². The quantitative estimate of drug-likeness (QED) is 0.689. The molecule has 27 heavy (non-hydrogen) atoms. The van der Waals surface area contributed by atoms with E-state index in [0.29, 0.717) is 48.4 Å². The summed E-state index contributed by atoms with van der Waals surface area (Å²) < 4.78 is 5.75. The Morgan fingerprint density at radius 2 is 1.74 bits per heavy atom. The second-order valence-electron chi connectivity index (χ2n) is 6.15. The van der Waals surface area contributed by atoms with Gasteiger partial charge in [-0.25, -0.2) is 9.97 Å². The second kappa shape index (κ2) is 7.75. The minimum absolute atomic E-state index is 0.0326. The van der Waals surface area contributed by atoms with Crippen LogP contribution in [0, 0.1) is 0 Å². The molecule has 0 atom stereocenters. The predicted octanol–water partition coefficient (Wildman–Crippen LogP) is 2.41. The number of piperazine rings is 1. The van der Waals surface area contributed by atoms with Crippen LogP contribution in [0.15, 0.2) is 48.9 Å². The van der Waals surface area contributed by atoms with Gasteiger partial charge in [-0.05, 0) is 30.3 Å². The first kappa shape index (κ1) is 17.5. The highest BCUT2D eigenvalue weighted by atomic mass is 35.5. The number of nitrogens with zero attached hydrogens (tertiary/aromatic N) is 5. The maximum Gasteiger partial charge on any atom is 0.260 e.